The summed E-state index contributed by atoms with van der Waals surface area (Å²) in [7, 11) is 0. The van der Waals surface area contributed by atoms with Gasteiger partial charge in [0, 0.05) is 6.04 Å². The normalized spacial score (nSPS) is 24.5. The minimum Gasteiger partial charge on any atom is -0.480 e. The van der Waals surface area contributed by atoms with Crippen molar-refractivity contribution in [1.29, 1.82) is 0 Å². The molecule has 0 aromatic rings. The van der Waals surface area contributed by atoms with Crippen molar-refractivity contribution in [1.82, 2.24) is 10.6 Å². The SMILES string of the molecule is CSCC[C@@H](NC(=O)NC1CCCCCC1C)C(=O)O. The molecule has 0 aromatic carbocycles. The topological polar surface area (TPSA) is 78.4 Å². The van der Waals surface area contributed by atoms with Gasteiger partial charge in [-0.25, -0.2) is 9.59 Å². The fourth-order valence-corrected chi connectivity index (χ4v) is 3.04. The summed E-state index contributed by atoms with van der Waals surface area (Å²) in [5.74, 6) is 0.206. The van der Waals surface area contributed by atoms with Crippen molar-refractivity contribution >= 4 is 23.8 Å². The molecule has 0 radical (unpaired) electrons. The number of urea groups is 1. The van der Waals surface area contributed by atoms with Gasteiger partial charge in [0.2, 0.25) is 0 Å². The average molecular weight is 302 g/mol. The largest absolute Gasteiger partial charge is 0.480 e. The lowest BCUT2D eigenvalue weighted by Gasteiger charge is -2.24. The van der Waals surface area contributed by atoms with Crippen LogP contribution in [0.25, 0.3) is 0 Å². The first-order chi connectivity index (χ1) is 9.54. The van der Waals surface area contributed by atoms with Gasteiger partial charge < -0.3 is 15.7 Å². The number of hydrogen-bond acceptors (Lipinski definition) is 3. The second kappa shape index (κ2) is 9.10. The quantitative estimate of drug-likeness (QED) is 0.659. The van der Waals surface area contributed by atoms with Gasteiger partial charge in [0.25, 0.3) is 0 Å². The van der Waals surface area contributed by atoms with E-state index in [0.717, 1.165) is 25.0 Å². The summed E-state index contributed by atoms with van der Waals surface area (Å²) in [5, 5.41) is 14.6. The fourth-order valence-electron chi connectivity index (χ4n) is 2.57. The van der Waals surface area contributed by atoms with E-state index in [1.165, 1.54) is 12.8 Å². The highest BCUT2D eigenvalue weighted by Crippen LogP contribution is 2.22. The van der Waals surface area contributed by atoms with Gasteiger partial charge in [0.1, 0.15) is 6.04 Å². The summed E-state index contributed by atoms with van der Waals surface area (Å²) in [4.78, 5) is 23.1. The highest BCUT2D eigenvalue weighted by molar-refractivity contribution is 7.98. The summed E-state index contributed by atoms with van der Waals surface area (Å²) in [6, 6.07) is -0.992. The minimum atomic E-state index is -0.969. The number of carboxylic acid groups (broad SMARTS) is 1. The monoisotopic (exact) mass is 302 g/mol. The molecule has 3 N–H and O–H groups in total. The number of amides is 2. The standard InChI is InChI=1S/C14H26N2O3S/c1-10-6-4-3-5-7-11(10)15-14(19)16-12(13(17)18)8-9-20-2/h10-12H,3-9H2,1-2H3,(H,17,18)(H2,15,16,19)/t10?,11?,12-/m1/s1. The Morgan fingerprint density at radius 1 is 1.30 bits per heavy atom. The van der Waals surface area contributed by atoms with Crippen molar-refractivity contribution in [3.8, 4) is 0 Å². The van der Waals surface area contributed by atoms with Crippen molar-refractivity contribution < 1.29 is 14.7 Å². The number of nitrogens with one attached hydrogen (secondary N) is 2. The maximum atomic E-state index is 12.0. The third-order valence-corrected chi connectivity index (χ3v) is 4.54. The summed E-state index contributed by atoms with van der Waals surface area (Å²) in [6.45, 7) is 2.15. The first kappa shape index (κ1) is 17.1. The molecule has 1 saturated carbocycles. The van der Waals surface area contributed by atoms with E-state index in [9.17, 15) is 9.59 Å². The zero-order valence-electron chi connectivity index (χ0n) is 12.4. The summed E-state index contributed by atoms with van der Waals surface area (Å²) < 4.78 is 0. The van der Waals surface area contributed by atoms with E-state index in [0.29, 0.717) is 12.3 Å². The molecule has 20 heavy (non-hydrogen) atoms. The Hall–Kier alpha value is -0.910. The van der Waals surface area contributed by atoms with Crippen LogP contribution in [0.2, 0.25) is 0 Å². The van der Waals surface area contributed by atoms with E-state index in [2.05, 4.69) is 17.6 Å². The summed E-state index contributed by atoms with van der Waals surface area (Å²) >= 11 is 1.58. The zero-order valence-corrected chi connectivity index (χ0v) is 13.2. The Bertz CT molecular complexity index is 326. The molecule has 1 aliphatic rings. The maximum Gasteiger partial charge on any atom is 0.326 e. The first-order valence-electron chi connectivity index (χ1n) is 7.33. The molecule has 1 rings (SSSR count). The number of carboxylic acids is 1. The lowest BCUT2D eigenvalue weighted by molar-refractivity contribution is -0.139. The van der Waals surface area contributed by atoms with Crippen LogP contribution in [0.4, 0.5) is 4.79 Å². The van der Waals surface area contributed by atoms with Crippen LogP contribution in [-0.2, 0) is 4.79 Å². The average Bonchev–Trinajstić information content (AvgIpc) is 2.59. The minimum absolute atomic E-state index is 0.160. The van der Waals surface area contributed by atoms with Gasteiger partial charge in [0.05, 0.1) is 0 Å². The van der Waals surface area contributed by atoms with E-state index < -0.39 is 12.0 Å². The number of carbonyl (C=O) groups is 2. The van der Waals surface area contributed by atoms with Crippen LogP contribution < -0.4 is 10.6 Å². The van der Waals surface area contributed by atoms with Crippen LogP contribution in [0.15, 0.2) is 0 Å². The Morgan fingerprint density at radius 3 is 2.65 bits per heavy atom. The fraction of sp³-hybridized carbons (Fsp3) is 0.857. The van der Waals surface area contributed by atoms with Gasteiger partial charge in [-0.2, -0.15) is 11.8 Å². The molecule has 2 unspecified atom stereocenters. The molecule has 3 atom stereocenters. The third kappa shape index (κ3) is 6.03. The predicted octanol–water partition coefficient (Wildman–Crippen LogP) is 2.46. The maximum absolute atomic E-state index is 12.0. The van der Waals surface area contributed by atoms with Crippen LogP contribution in [0.5, 0.6) is 0 Å². The van der Waals surface area contributed by atoms with Crippen molar-refractivity contribution in [3.63, 3.8) is 0 Å². The Balaban J connectivity index is 2.45. The molecule has 6 heteroatoms. The predicted molar refractivity (Wildman–Crippen MR) is 82.1 cm³/mol. The number of hydrogen-bond donors (Lipinski definition) is 3. The van der Waals surface area contributed by atoms with Gasteiger partial charge in [-0.15, -0.1) is 0 Å². The van der Waals surface area contributed by atoms with Crippen LogP contribution in [0.3, 0.4) is 0 Å². The van der Waals surface area contributed by atoms with Crippen LogP contribution >= 0.6 is 11.8 Å². The highest BCUT2D eigenvalue weighted by atomic mass is 32.2. The zero-order chi connectivity index (χ0) is 15.0. The molecule has 2 amide bonds. The van der Waals surface area contributed by atoms with E-state index in [4.69, 9.17) is 5.11 Å². The van der Waals surface area contributed by atoms with E-state index in [1.54, 1.807) is 11.8 Å². The second-order valence-corrected chi connectivity index (χ2v) is 6.50. The molecule has 116 valence electrons. The van der Waals surface area contributed by atoms with Gasteiger partial charge in [0.15, 0.2) is 0 Å². The van der Waals surface area contributed by atoms with E-state index >= 15 is 0 Å². The van der Waals surface area contributed by atoms with Gasteiger partial charge in [-0.3, -0.25) is 0 Å². The Labute approximate surface area is 125 Å². The molecule has 5 nitrogen and oxygen atoms in total. The number of thioether (sulfide) groups is 1. The summed E-state index contributed by atoms with van der Waals surface area (Å²) in [6.07, 6.45) is 8.04. The lowest BCUT2D eigenvalue weighted by atomic mass is 9.97. The van der Waals surface area contributed by atoms with Crippen molar-refractivity contribution in [2.45, 2.75) is 57.5 Å². The second-order valence-electron chi connectivity index (χ2n) is 5.51. The van der Waals surface area contributed by atoms with E-state index in [-0.39, 0.29) is 12.1 Å². The highest BCUT2D eigenvalue weighted by Gasteiger charge is 2.24. The van der Waals surface area contributed by atoms with Crippen molar-refractivity contribution in [3.05, 3.63) is 0 Å². The molecule has 1 fully saturated rings. The van der Waals surface area contributed by atoms with Crippen LogP contribution in [0.1, 0.15) is 45.4 Å². The first-order valence-corrected chi connectivity index (χ1v) is 8.72. The molecule has 0 aromatic heterocycles. The molecule has 0 bridgehead atoms. The van der Waals surface area contributed by atoms with Crippen molar-refractivity contribution in [2.75, 3.05) is 12.0 Å². The van der Waals surface area contributed by atoms with Crippen LogP contribution in [0, 0.1) is 5.92 Å². The molecular formula is C14H26N2O3S. The van der Waals surface area contributed by atoms with Crippen molar-refractivity contribution in [2.24, 2.45) is 5.92 Å². The third-order valence-electron chi connectivity index (χ3n) is 3.89. The van der Waals surface area contributed by atoms with Gasteiger partial charge in [-0.05, 0) is 37.2 Å². The van der Waals surface area contributed by atoms with Crippen LogP contribution in [-0.4, -0.2) is 41.2 Å². The smallest absolute Gasteiger partial charge is 0.326 e. The Kier molecular flexibility index (Phi) is 7.80. The molecule has 0 spiro atoms. The molecule has 0 heterocycles. The molecule has 0 saturated heterocycles. The Morgan fingerprint density at radius 2 is 2.00 bits per heavy atom. The number of aliphatic carboxylic acids is 1. The summed E-state index contributed by atoms with van der Waals surface area (Å²) in [5.41, 5.74) is 0. The van der Waals surface area contributed by atoms with Gasteiger partial charge >= 0.3 is 12.0 Å². The lowest BCUT2D eigenvalue weighted by Crippen LogP contribution is -2.50. The van der Waals surface area contributed by atoms with E-state index in [1.807, 2.05) is 6.26 Å². The number of carbonyl (C=O) groups excluding carboxylic acids is 1. The van der Waals surface area contributed by atoms with Gasteiger partial charge in [-0.1, -0.05) is 26.2 Å². The molecule has 0 aliphatic heterocycles. The molecular weight excluding hydrogens is 276 g/mol. The molecule has 1 aliphatic carbocycles. The number of rotatable bonds is 6.